The summed E-state index contributed by atoms with van der Waals surface area (Å²) in [6.45, 7) is 40.4. The first-order valence-electron chi connectivity index (χ1n) is 30.8. The number of thioether (sulfide) groups is 1. The fourth-order valence-electron chi connectivity index (χ4n) is 5.83. The Morgan fingerprint density at radius 3 is 0.437 bits per heavy atom. The van der Waals surface area contributed by atoms with Gasteiger partial charge in [0, 0.05) is 14.2 Å². The molecule has 0 radical (unpaired) electrons. The van der Waals surface area contributed by atoms with E-state index in [9.17, 15) is 0 Å². The maximum atomic E-state index is 5.67. The molecule has 0 aliphatic rings. The Morgan fingerprint density at radius 1 is 0.195 bits per heavy atom. The zero-order valence-electron chi connectivity index (χ0n) is 60.1. The van der Waals surface area contributed by atoms with Crippen molar-refractivity contribution in [3.8, 4) is 68.2 Å². The standard InChI is InChI=1S/C14H14O3.C14H14O2.C14H14.C8H10O2.C8H10.C2H6O.C2H6S.8C2H6/c1-15-11-3-7-13(8-4-11)17-14-9-5-12(16-2)6-10-14;1-15-13-7-3-11(4-8-13)12-5-9-14(16-2)10-6-12;1-11-3-7-13(8-4-11)14-9-5-12(2)6-10-14;1-9-7-3-5-8(10-2)6-4-7;1-7-3-5-8(2)6-4-7;2*1-3-2;8*1-2/h3-10H,1-2H3;3-10H,1-2H3;3-10H,1-2H3;3-6H,1-2H3;3-6H,1-2H3;2*1-2H3;8*1-2H3. The molecule has 0 bridgehead atoms. The molecule has 0 saturated carbocycles. The third-order valence-electron chi connectivity index (χ3n) is 9.82. The van der Waals surface area contributed by atoms with Crippen molar-refractivity contribution in [3.05, 3.63) is 216 Å². The Labute approximate surface area is 539 Å². The highest BCUT2D eigenvalue weighted by atomic mass is 32.2. The Kier molecular flexibility index (Phi) is 76.4. The number of aryl methyl sites for hydroxylation is 4. The van der Waals surface area contributed by atoms with Crippen LogP contribution < -0.4 is 33.2 Å². The van der Waals surface area contributed by atoms with Crippen LogP contribution in [0.25, 0.3) is 22.3 Å². The van der Waals surface area contributed by atoms with E-state index in [-0.39, 0.29) is 0 Å². The molecule has 8 aromatic rings. The van der Waals surface area contributed by atoms with Crippen molar-refractivity contribution >= 4 is 11.8 Å². The summed E-state index contributed by atoms with van der Waals surface area (Å²) in [6, 6.07) is 64.1. The minimum atomic E-state index is 0.774. The normalized spacial score (nSPS) is 8.21. The summed E-state index contributed by atoms with van der Waals surface area (Å²) < 4.78 is 40.2. The van der Waals surface area contributed by atoms with Gasteiger partial charge in [-0.15, -0.1) is 0 Å². The quantitative estimate of drug-likeness (QED) is 0.133. The van der Waals surface area contributed by atoms with E-state index in [4.69, 9.17) is 33.2 Å². The van der Waals surface area contributed by atoms with Crippen LogP contribution in [-0.4, -0.2) is 69.4 Å². The molecule has 0 saturated heterocycles. The molecule has 0 amide bonds. The lowest BCUT2D eigenvalue weighted by molar-refractivity contribution is 0.277. The van der Waals surface area contributed by atoms with E-state index >= 15 is 0 Å². The minimum Gasteiger partial charge on any atom is -0.497 e. The van der Waals surface area contributed by atoms with E-state index in [1.54, 1.807) is 68.6 Å². The van der Waals surface area contributed by atoms with Gasteiger partial charge in [-0.05, 0) is 160 Å². The molecule has 0 aromatic heterocycles. The second-order valence-corrected chi connectivity index (χ2v) is 16.3. The van der Waals surface area contributed by atoms with Gasteiger partial charge in [0.1, 0.15) is 46.0 Å². The van der Waals surface area contributed by atoms with Crippen LogP contribution in [-0.2, 0) is 4.74 Å². The molecule has 8 aromatic carbocycles. The molecule has 0 N–H and O–H groups in total. The molecular weight excluding hydrogens is 1100 g/mol. The minimum absolute atomic E-state index is 0.774. The first-order valence-corrected chi connectivity index (χ1v) is 32.4. The van der Waals surface area contributed by atoms with Crippen LogP contribution in [0.5, 0.6) is 46.0 Å². The van der Waals surface area contributed by atoms with E-state index in [1.807, 2.05) is 245 Å². The number of hydrogen-bond donors (Lipinski definition) is 0. The zero-order valence-corrected chi connectivity index (χ0v) is 61.0. The molecule has 8 nitrogen and oxygen atoms in total. The third-order valence-corrected chi connectivity index (χ3v) is 9.82. The molecule has 0 fully saturated rings. The van der Waals surface area contributed by atoms with Crippen LogP contribution in [0, 0.1) is 27.7 Å². The average Bonchev–Trinajstić information content (AvgIpc) is 3.66. The highest BCUT2D eigenvalue weighted by Crippen LogP contribution is 2.27. The molecule has 8 rings (SSSR count). The first-order chi connectivity index (χ1) is 42.4. The Balaban J connectivity index is -0.000000172. The molecular formula is C78H122O8S. The molecule has 9 heteroatoms. The maximum Gasteiger partial charge on any atom is 0.127 e. The van der Waals surface area contributed by atoms with Crippen molar-refractivity contribution in [1.29, 1.82) is 0 Å². The number of hydrogen-bond acceptors (Lipinski definition) is 9. The van der Waals surface area contributed by atoms with E-state index in [0.29, 0.717) is 0 Å². The summed E-state index contributed by atoms with van der Waals surface area (Å²) in [5.41, 5.74) is 10.2. The van der Waals surface area contributed by atoms with Gasteiger partial charge in [-0.1, -0.05) is 230 Å². The van der Waals surface area contributed by atoms with Gasteiger partial charge >= 0.3 is 0 Å². The van der Waals surface area contributed by atoms with Gasteiger partial charge in [0.2, 0.25) is 0 Å². The van der Waals surface area contributed by atoms with Gasteiger partial charge in [0.05, 0.1) is 42.7 Å². The third kappa shape index (κ3) is 49.5. The number of methoxy groups -OCH3 is 7. The van der Waals surface area contributed by atoms with Gasteiger partial charge < -0.3 is 37.9 Å². The van der Waals surface area contributed by atoms with Gasteiger partial charge in [0.25, 0.3) is 0 Å². The summed E-state index contributed by atoms with van der Waals surface area (Å²) in [7, 11) is 13.1. The molecule has 0 aliphatic heterocycles. The molecule has 0 heterocycles. The molecule has 0 unspecified atom stereocenters. The summed E-state index contributed by atoms with van der Waals surface area (Å²) in [5, 5.41) is 0. The van der Waals surface area contributed by atoms with Crippen LogP contribution in [0.15, 0.2) is 194 Å². The Morgan fingerprint density at radius 2 is 0.299 bits per heavy atom. The molecule has 488 valence electrons. The lowest BCUT2D eigenvalue weighted by Crippen LogP contribution is -1.86. The fourth-order valence-corrected chi connectivity index (χ4v) is 5.83. The Hall–Kier alpha value is -7.33. The first kappa shape index (κ1) is 93.4. The van der Waals surface area contributed by atoms with Crippen molar-refractivity contribution in [2.75, 3.05) is 69.4 Å². The highest BCUT2D eigenvalue weighted by Gasteiger charge is 2.01. The van der Waals surface area contributed by atoms with Crippen molar-refractivity contribution in [3.63, 3.8) is 0 Å². The van der Waals surface area contributed by atoms with Crippen LogP contribution in [0.3, 0.4) is 0 Å². The van der Waals surface area contributed by atoms with Crippen molar-refractivity contribution in [2.24, 2.45) is 0 Å². The number of benzene rings is 8. The monoisotopic (exact) mass is 1220 g/mol. The van der Waals surface area contributed by atoms with E-state index < -0.39 is 0 Å². The summed E-state index contributed by atoms with van der Waals surface area (Å²) in [4.78, 5) is 0. The maximum absolute atomic E-state index is 5.67. The average molecular weight is 1220 g/mol. The van der Waals surface area contributed by atoms with Gasteiger partial charge in [-0.25, -0.2) is 0 Å². The number of ether oxygens (including phenoxy) is 8. The summed E-state index contributed by atoms with van der Waals surface area (Å²) in [5.74, 6) is 6.61. The second kappa shape index (κ2) is 71.2. The summed E-state index contributed by atoms with van der Waals surface area (Å²) in [6.07, 6.45) is 4.08. The second-order valence-electron chi connectivity index (χ2n) is 15.5. The Bertz CT molecular complexity index is 2350. The van der Waals surface area contributed by atoms with Crippen molar-refractivity contribution < 1.29 is 37.9 Å². The van der Waals surface area contributed by atoms with Gasteiger partial charge in [-0.3, -0.25) is 0 Å². The smallest absolute Gasteiger partial charge is 0.127 e. The molecule has 0 atom stereocenters. The van der Waals surface area contributed by atoms with Crippen LogP contribution in [0.4, 0.5) is 0 Å². The van der Waals surface area contributed by atoms with Crippen LogP contribution >= 0.6 is 11.8 Å². The van der Waals surface area contributed by atoms with Crippen molar-refractivity contribution in [1.82, 2.24) is 0 Å². The topological polar surface area (TPSA) is 73.8 Å². The molecule has 87 heavy (non-hydrogen) atoms. The lowest BCUT2D eigenvalue weighted by Gasteiger charge is -2.07. The lowest BCUT2D eigenvalue weighted by atomic mass is 10.0. The molecule has 0 aliphatic carbocycles. The van der Waals surface area contributed by atoms with Gasteiger partial charge in [0.15, 0.2) is 0 Å². The highest BCUT2D eigenvalue weighted by molar-refractivity contribution is 7.97. The molecule has 0 spiro atoms. The number of rotatable bonds is 10. The van der Waals surface area contributed by atoms with Crippen molar-refractivity contribution in [2.45, 2.75) is 138 Å². The van der Waals surface area contributed by atoms with E-state index in [0.717, 1.165) is 46.0 Å². The predicted molar refractivity (Wildman–Crippen MR) is 391 cm³/mol. The zero-order chi connectivity index (χ0) is 68.2. The van der Waals surface area contributed by atoms with Crippen LogP contribution in [0.2, 0.25) is 0 Å². The fraction of sp³-hybridized carbons (Fsp3) is 0.385. The predicted octanol–water partition coefficient (Wildman–Crippen LogP) is 24.3. The summed E-state index contributed by atoms with van der Waals surface area (Å²) >= 11 is 1.75. The van der Waals surface area contributed by atoms with Gasteiger partial charge in [-0.2, -0.15) is 11.8 Å². The SMILES string of the molecule is CC.CC.CC.CC.CC.CC.CC.CC.COC.COc1ccc(-c2ccc(OC)cc2)cc1.COc1ccc(OC)cc1.COc1ccc(Oc2ccc(OC)cc2)cc1.CSC.Cc1ccc(-c2ccc(C)cc2)cc1.Cc1ccc(C)cc1. The van der Waals surface area contributed by atoms with E-state index in [1.165, 1.54) is 44.5 Å². The van der Waals surface area contributed by atoms with Crippen LogP contribution in [0.1, 0.15) is 133 Å². The van der Waals surface area contributed by atoms with E-state index in [2.05, 4.69) is 105 Å². The largest absolute Gasteiger partial charge is 0.497 e.